The van der Waals surface area contributed by atoms with E-state index in [1.807, 2.05) is 12.1 Å². The lowest BCUT2D eigenvalue weighted by molar-refractivity contribution is 0.0600. The zero-order valence-electron chi connectivity index (χ0n) is 13.2. The summed E-state index contributed by atoms with van der Waals surface area (Å²) in [6.45, 7) is 4.13. The molecule has 0 amide bonds. The predicted octanol–water partition coefficient (Wildman–Crippen LogP) is 3.40. The van der Waals surface area contributed by atoms with Gasteiger partial charge in [0.25, 0.3) is 10.0 Å². The molecule has 0 heterocycles. The molecule has 0 radical (unpaired) electrons. The molecule has 0 bridgehead atoms. The van der Waals surface area contributed by atoms with Crippen molar-refractivity contribution in [2.75, 3.05) is 11.8 Å². The number of methoxy groups -OCH3 is 1. The topological polar surface area (TPSA) is 72.5 Å². The molecule has 0 fully saturated rings. The number of benzene rings is 2. The second-order valence-electron chi connectivity index (χ2n) is 5.40. The number of carbonyl (C=O) groups excluding carboxylic acids is 1. The van der Waals surface area contributed by atoms with Gasteiger partial charge in [-0.05, 0) is 41.8 Å². The summed E-state index contributed by atoms with van der Waals surface area (Å²) in [6, 6.07) is 12.9. The van der Waals surface area contributed by atoms with Crippen molar-refractivity contribution >= 4 is 21.7 Å². The number of nitrogens with one attached hydrogen (secondary N) is 1. The molecule has 0 aromatic heterocycles. The largest absolute Gasteiger partial charge is 0.465 e. The highest BCUT2D eigenvalue weighted by Gasteiger charge is 2.16. The van der Waals surface area contributed by atoms with Gasteiger partial charge in [0.2, 0.25) is 0 Å². The van der Waals surface area contributed by atoms with Gasteiger partial charge in [-0.1, -0.05) is 32.0 Å². The number of hydrogen-bond acceptors (Lipinski definition) is 4. The smallest absolute Gasteiger partial charge is 0.337 e. The molecule has 6 heteroatoms. The summed E-state index contributed by atoms with van der Waals surface area (Å²) in [5.74, 6) is -0.208. The Kier molecular flexibility index (Phi) is 5.05. The Hall–Kier alpha value is -2.34. The maximum atomic E-state index is 12.4. The first-order valence-electron chi connectivity index (χ1n) is 7.14. The molecule has 2 aromatic rings. The summed E-state index contributed by atoms with van der Waals surface area (Å²) in [4.78, 5) is 11.5. The van der Waals surface area contributed by atoms with Crippen LogP contribution in [0.1, 0.15) is 35.7 Å². The highest BCUT2D eigenvalue weighted by molar-refractivity contribution is 7.92. The summed E-state index contributed by atoms with van der Waals surface area (Å²) in [7, 11) is -2.52. The van der Waals surface area contributed by atoms with Crippen molar-refractivity contribution in [3.05, 3.63) is 59.7 Å². The van der Waals surface area contributed by atoms with Gasteiger partial charge in [0, 0.05) is 5.69 Å². The van der Waals surface area contributed by atoms with Gasteiger partial charge in [-0.15, -0.1) is 0 Å². The average Bonchev–Trinajstić information content (AvgIpc) is 2.54. The molecule has 0 aliphatic rings. The van der Waals surface area contributed by atoms with Crippen LogP contribution in [0.3, 0.4) is 0 Å². The lowest BCUT2D eigenvalue weighted by atomic mass is 10.0. The monoisotopic (exact) mass is 333 g/mol. The van der Waals surface area contributed by atoms with Crippen molar-refractivity contribution in [3.63, 3.8) is 0 Å². The van der Waals surface area contributed by atoms with E-state index in [1.165, 1.54) is 31.4 Å². The third kappa shape index (κ3) is 4.10. The van der Waals surface area contributed by atoms with Gasteiger partial charge in [-0.3, -0.25) is 4.72 Å². The maximum absolute atomic E-state index is 12.4. The van der Waals surface area contributed by atoms with Gasteiger partial charge >= 0.3 is 5.97 Å². The molecule has 0 aliphatic heterocycles. The lowest BCUT2D eigenvalue weighted by Crippen LogP contribution is -2.14. The lowest BCUT2D eigenvalue weighted by Gasteiger charge is -2.10. The summed E-state index contributed by atoms with van der Waals surface area (Å²) < 4.78 is 31.9. The molecule has 1 N–H and O–H groups in total. The van der Waals surface area contributed by atoms with E-state index in [1.54, 1.807) is 12.1 Å². The SMILES string of the molecule is COC(=O)c1cccc(S(=O)(=O)Nc2ccc(C(C)C)cc2)c1. The fourth-order valence-electron chi connectivity index (χ4n) is 2.06. The van der Waals surface area contributed by atoms with Crippen molar-refractivity contribution in [1.82, 2.24) is 0 Å². The van der Waals surface area contributed by atoms with Crippen LogP contribution in [0.25, 0.3) is 0 Å². The predicted molar refractivity (Wildman–Crippen MR) is 89.1 cm³/mol. The molecule has 0 atom stereocenters. The number of rotatable bonds is 5. The molecular weight excluding hydrogens is 314 g/mol. The molecule has 0 aliphatic carbocycles. The Morgan fingerprint density at radius 3 is 2.30 bits per heavy atom. The summed E-state index contributed by atoms with van der Waals surface area (Å²) in [5, 5.41) is 0. The number of sulfonamides is 1. The van der Waals surface area contributed by atoms with Crippen molar-refractivity contribution < 1.29 is 17.9 Å². The number of carbonyl (C=O) groups is 1. The molecule has 23 heavy (non-hydrogen) atoms. The number of ether oxygens (including phenoxy) is 1. The minimum Gasteiger partial charge on any atom is -0.465 e. The zero-order chi connectivity index (χ0) is 17.0. The third-order valence-electron chi connectivity index (χ3n) is 3.40. The van der Waals surface area contributed by atoms with Gasteiger partial charge in [-0.25, -0.2) is 13.2 Å². The molecule has 0 saturated heterocycles. The van der Waals surface area contributed by atoms with Crippen molar-refractivity contribution in [2.45, 2.75) is 24.7 Å². The number of anilines is 1. The van der Waals surface area contributed by atoms with Gasteiger partial charge in [0.05, 0.1) is 17.6 Å². The van der Waals surface area contributed by atoms with Gasteiger partial charge in [-0.2, -0.15) is 0 Å². The van der Waals surface area contributed by atoms with Crippen LogP contribution in [0.15, 0.2) is 53.4 Å². The van der Waals surface area contributed by atoms with E-state index in [-0.39, 0.29) is 10.5 Å². The first-order chi connectivity index (χ1) is 10.8. The Bertz CT molecular complexity index is 796. The quantitative estimate of drug-likeness (QED) is 0.851. The van der Waals surface area contributed by atoms with Crippen molar-refractivity contribution in [3.8, 4) is 0 Å². The second-order valence-corrected chi connectivity index (χ2v) is 7.08. The van der Waals surface area contributed by atoms with Crippen LogP contribution < -0.4 is 4.72 Å². The van der Waals surface area contributed by atoms with E-state index in [0.29, 0.717) is 11.6 Å². The summed E-state index contributed by atoms with van der Waals surface area (Å²) >= 11 is 0. The standard InChI is InChI=1S/C17H19NO4S/c1-12(2)13-7-9-15(10-8-13)18-23(20,21)16-6-4-5-14(11-16)17(19)22-3/h4-12,18H,1-3H3. The minimum atomic E-state index is -3.77. The fourth-order valence-corrected chi connectivity index (χ4v) is 3.16. The van der Waals surface area contributed by atoms with E-state index in [0.717, 1.165) is 5.56 Å². The second kappa shape index (κ2) is 6.83. The minimum absolute atomic E-state index is 0.00772. The first-order valence-corrected chi connectivity index (χ1v) is 8.63. The van der Waals surface area contributed by atoms with Crippen LogP contribution in [-0.2, 0) is 14.8 Å². The molecule has 2 rings (SSSR count). The normalized spacial score (nSPS) is 11.3. The Labute approximate surface area is 136 Å². The van der Waals surface area contributed by atoms with Gasteiger partial charge in [0.1, 0.15) is 0 Å². The highest BCUT2D eigenvalue weighted by Crippen LogP contribution is 2.20. The Morgan fingerprint density at radius 1 is 1.09 bits per heavy atom. The van der Waals surface area contributed by atoms with Gasteiger partial charge < -0.3 is 4.74 Å². The van der Waals surface area contributed by atoms with E-state index in [4.69, 9.17) is 0 Å². The Morgan fingerprint density at radius 2 is 1.74 bits per heavy atom. The first kappa shape index (κ1) is 17.0. The van der Waals surface area contributed by atoms with E-state index < -0.39 is 16.0 Å². The molecule has 0 spiro atoms. The van der Waals surface area contributed by atoms with Crippen molar-refractivity contribution in [1.29, 1.82) is 0 Å². The molecule has 122 valence electrons. The van der Waals surface area contributed by atoms with E-state index in [9.17, 15) is 13.2 Å². The van der Waals surface area contributed by atoms with Crippen LogP contribution in [0.5, 0.6) is 0 Å². The van der Waals surface area contributed by atoms with Crippen LogP contribution in [0, 0.1) is 0 Å². The Balaban J connectivity index is 2.26. The molecule has 2 aromatic carbocycles. The van der Waals surface area contributed by atoms with Crippen LogP contribution in [-0.4, -0.2) is 21.5 Å². The molecule has 0 saturated carbocycles. The van der Waals surface area contributed by atoms with Crippen LogP contribution in [0.2, 0.25) is 0 Å². The van der Waals surface area contributed by atoms with E-state index >= 15 is 0 Å². The van der Waals surface area contributed by atoms with Gasteiger partial charge in [0.15, 0.2) is 0 Å². The molecular formula is C17H19NO4S. The molecule has 0 unspecified atom stereocenters. The van der Waals surface area contributed by atoms with E-state index in [2.05, 4.69) is 23.3 Å². The summed E-state index contributed by atoms with van der Waals surface area (Å²) in [6.07, 6.45) is 0. The van der Waals surface area contributed by atoms with Crippen molar-refractivity contribution in [2.24, 2.45) is 0 Å². The highest BCUT2D eigenvalue weighted by atomic mass is 32.2. The maximum Gasteiger partial charge on any atom is 0.337 e. The number of esters is 1. The fraction of sp³-hybridized carbons (Fsp3) is 0.235. The summed E-state index contributed by atoms with van der Waals surface area (Å²) in [5.41, 5.74) is 1.78. The third-order valence-corrected chi connectivity index (χ3v) is 4.77. The van der Waals surface area contributed by atoms with Crippen LogP contribution in [0.4, 0.5) is 5.69 Å². The average molecular weight is 333 g/mol. The zero-order valence-corrected chi connectivity index (χ0v) is 14.1. The number of hydrogen-bond donors (Lipinski definition) is 1. The van der Waals surface area contributed by atoms with Crippen LogP contribution >= 0.6 is 0 Å². The molecule has 5 nitrogen and oxygen atoms in total.